The van der Waals surface area contributed by atoms with E-state index in [0.29, 0.717) is 26.2 Å². The molecule has 1 aliphatic rings. The van der Waals surface area contributed by atoms with Crippen LogP contribution < -0.4 is 5.48 Å². The van der Waals surface area contributed by atoms with Gasteiger partial charge in [-0.25, -0.2) is 13.9 Å². The highest BCUT2D eigenvalue weighted by Gasteiger charge is 2.28. The van der Waals surface area contributed by atoms with E-state index in [4.69, 9.17) is 5.21 Å². The second kappa shape index (κ2) is 6.31. The van der Waals surface area contributed by atoms with E-state index in [-0.39, 0.29) is 11.4 Å². The first kappa shape index (κ1) is 14.9. The first-order valence-electron chi connectivity index (χ1n) is 6.24. The van der Waals surface area contributed by atoms with Crippen molar-refractivity contribution in [1.82, 2.24) is 14.7 Å². The van der Waals surface area contributed by atoms with Crippen molar-refractivity contribution in [3.05, 3.63) is 30.3 Å². The van der Waals surface area contributed by atoms with Crippen LogP contribution in [0.3, 0.4) is 0 Å². The molecule has 1 saturated heterocycles. The van der Waals surface area contributed by atoms with Crippen molar-refractivity contribution < 1.29 is 18.4 Å². The van der Waals surface area contributed by atoms with Crippen LogP contribution in [-0.4, -0.2) is 61.5 Å². The summed E-state index contributed by atoms with van der Waals surface area (Å²) in [6, 6.07) is 8.29. The number of piperazine rings is 1. The molecule has 2 N–H and O–H groups in total. The molecule has 0 unspecified atom stereocenters. The Morgan fingerprint density at radius 2 is 1.75 bits per heavy atom. The molecule has 7 nitrogen and oxygen atoms in total. The number of nitrogens with one attached hydrogen (secondary N) is 1. The minimum absolute atomic E-state index is 0.0652. The molecule has 0 saturated carbocycles. The topological polar surface area (TPSA) is 90.0 Å². The SMILES string of the molecule is O=C(CN1CCN(S(=O)(=O)c2ccccc2)CC1)NO. The standard InChI is InChI=1S/C12H17N3O4S/c16-12(13-17)10-14-6-8-15(9-7-14)20(18,19)11-4-2-1-3-5-11/h1-5,17H,6-10H2,(H,13,16). The first-order chi connectivity index (χ1) is 9.54. The Labute approximate surface area is 117 Å². The molecule has 1 heterocycles. The van der Waals surface area contributed by atoms with Crippen LogP contribution >= 0.6 is 0 Å². The lowest BCUT2D eigenvalue weighted by molar-refractivity contribution is -0.130. The average Bonchev–Trinajstić information content (AvgIpc) is 2.48. The van der Waals surface area contributed by atoms with Crippen LogP contribution in [0.1, 0.15) is 0 Å². The van der Waals surface area contributed by atoms with Gasteiger partial charge in [0.2, 0.25) is 10.0 Å². The van der Waals surface area contributed by atoms with E-state index in [2.05, 4.69) is 0 Å². The minimum atomic E-state index is -3.46. The molecule has 0 aliphatic carbocycles. The van der Waals surface area contributed by atoms with E-state index in [1.165, 1.54) is 4.31 Å². The number of hydroxylamine groups is 1. The third-order valence-electron chi connectivity index (χ3n) is 3.20. The van der Waals surface area contributed by atoms with Gasteiger partial charge in [-0.15, -0.1) is 0 Å². The molecule has 1 fully saturated rings. The van der Waals surface area contributed by atoms with Crippen LogP contribution in [-0.2, 0) is 14.8 Å². The fourth-order valence-electron chi connectivity index (χ4n) is 2.11. The van der Waals surface area contributed by atoms with E-state index >= 15 is 0 Å². The normalized spacial score (nSPS) is 17.9. The quantitative estimate of drug-likeness (QED) is 0.578. The highest BCUT2D eigenvalue weighted by Crippen LogP contribution is 2.16. The summed E-state index contributed by atoms with van der Waals surface area (Å²) in [5.41, 5.74) is 1.57. The molecule has 0 atom stereocenters. The Morgan fingerprint density at radius 1 is 1.15 bits per heavy atom. The van der Waals surface area contributed by atoms with Crippen molar-refractivity contribution in [3.8, 4) is 0 Å². The number of carbonyl (C=O) groups excluding carboxylic acids is 1. The van der Waals surface area contributed by atoms with Gasteiger partial charge in [0, 0.05) is 26.2 Å². The van der Waals surface area contributed by atoms with E-state index in [0.717, 1.165) is 0 Å². The third-order valence-corrected chi connectivity index (χ3v) is 5.12. The van der Waals surface area contributed by atoms with Crippen molar-refractivity contribution in [2.24, 2.45) is 0 Å². The Bertz CT molecular complexity index is 553. The Morgan fingerprint density at radius 3 is 2.30 bits per heavy atom. The molecular weight excluding hydrogens is 282 g/mol. The molecule has 0 spiro atoms. The molecule has 2 rings (SSSR count). The Kier molecular flexibility index (Phi) is 4.71. The molecule has 1 aromatic rings. The van der Waals surface area contributed by atoms with Crippen LogP contribution in [0.5, 0.6) is 0 Å². The summed E-state index contributed by atoms with van der Waals surface area (Å²) in [7, 11) is -3.46. The van der Waals surface area contributed by atoms with Crippen molar-refractivity contribution >= 4 is 15.9 Å². The maximum atomic E-state index is 12.4. The molecule has 1 aliphatic heterocycles. The molecule has 0 radical (unpaired) electrons. The second-order valence-electron chi connectivity index (χ2n) is 4.53. The number of amides is 1. The summed E-state index contributed by atoms with van der Waals surface area (Å²) in [6.45, 7) is 1.64. The zero-order chi connectivity index (χ0) is 14.6. The van der Waals surface area contributed by atoms with Crippen LogP contribution in [0.2, 0.25) is 0 Å². The third kappa shape index (κ3) is 3.34. The van der Waals surface area contributed by atoms with Gasteiger partial charge in [0.1, 0.15) is 0 Å². The first-order valence-corrected chi connectivity index (χ1v) is 7.68. The highest BCUT2D eigenvalue weighted by molar-refractivity contribution is 7.89. The lowest BCUT2D eigenvalue weighted by atomic mass is 10.3. The van der Waals surface area contributed by atoms with E-state index in [9.17, 15) is 13.2 Å². The van der Waals surface area contributed by atoms with Gasteiger partial charge >= 0.3 is 0 Å². The fourth-order valence-corrected chi connectivity index (χ4v) is 3.55. The van der Waals surface area contributed by atoms with Crippen molar-refractivity contribution in [1.29, 1.82) is 0 Å². The van der Waals surface area contributed by atoms with Gasteiger partial charge in [-0.05, 0) is 12.1 Å². The maximum Gasteiger partial charge on any atom is 0.257 e. The number of sulfonamides is 1. The number of rotatable bonds is 4. The molecular formula is C12H17N3O4S. The molecule has 1 amide bonds. The van der Waals surface area contributed by atoms with E-state index < -0.39 is 15.9 Å². The zero-order valence-corrected chi connectivity index (χ0v) is 11.7. The lowest BCUT2D eigenvalue weighted by Crippen LogP contribution is -2.50. The fraction of sp³-hybridized carbons (Fsp3) is 0.417. The number of nitrogens with zero attached hydrogens (tertiary/aromatic N) is 2. The van der Waals surface area contributed by atoms with Crippen LogP contribution in [0.15, 0.2) is 35.2 Å². The van der Waals surface area contributed by atoms with Gasteiger partial charge in [0.05, 0.1) is 11.4 Å². The summed E-state index contributed by atoms with van der Waals surface area (Å²) in [6.07, 6.45) is 0. The molecule has 0 aromatic heterocycles. The summed E-state index contributed by atoms with van der Waals surface area (Å²) in [5.74, 6) is -0.496. The van der Waals surface area contributed by atoms with Crippen molar-refractivity contribution in [2.75, 3.05) is 32.7 Å². The molecule has 20 heavy (non-hydrogen) atoms. The number of hydrogen-bond acceptors (Lipinski definition) is 5. The van der Waals surface area contributed by atoms with Gasteiger partial charge in [-0.2, -0.15) is 4.31 Å². The largest absolute Gasteiger partial charge is 0.292 e. The predicted octanol–water partition coefficient (Wildman–Crippen LogP) is -0.502. The summed E-state index contributed by atoms with van der Waals surface area (Å²) in [4.78, 5) is 13.1. The highest BCUT2D eigenvalue weighted by atomic mass is 32.2. The molecule has 110 valence electrons. The average molecular weight is 299 g/mol. The Hall–Kier alpha value is -1.48. The van der Waals surface area contributed by atoms with Crippen molar-refractivity contribution in [2.45, 2.75) is 4.90 Å². The van der Waals surface area contributed by atoms with Gasteiger partial charge in [-0.1, -0.05) is 18.2 Å². The predicted molar refractivity (Wildman–Crippen MR) is 71.6 cm³/mol. The van der Waals surface area contributed by atoms with E-state index in [1.54, 1.807) is 40.7 Å². The molecule has 0 bridgehead atoms. The van der Waals surface area contributed by atoms with E-state index in [1.807, 2.05) is 0 Å². The van der Waals surface area contributed by atoms with Gasteiger partial charge in [0.15, 0.2) is 0 Å². The van der Waals surface area contributed by atoms with Crippen molar-refractivity contribution in [3.63, 3.8) is 0 Å². The second-order valence-corrected chi connectivity index (χ2v) is 6.47. The van der Waals surface area contributed by atoms with Gasteiger partial charge in [-0.3, -0.25) is 14.9 Å². The summed E-state index contributed by atoms with van der Waals surface area (Å²) < 4.78 is 26.1. The smallest absolute Gasteiger partial charge is 0.257 e. The number of hydrogen-bond donors (Lipinski definition) is 2. The minimum Gasteiger partial charge on any atom is -0.292 e. The van der Waals surface area contributed by atoms with Gasteiger partial charge < -0.3 is 0 Å². The van der Waals surface area contributed by atoms with Crippen LogP contribution in [0, 0.1) is 0 Å². The zero-order valence-electron chi connectivity index (χ0n) is 10.9. The summed E-state index contributed by atoms with van der Waals surface area (Å²) >= 11 is 0. The van der Waals surface area contributed by atoms with Crippen LogP contribution in [0.25, 0.3) is 0 Å². The lowest BCUT2D eigenvalue weighted by Gasteiger charge is -2.33. The van der Waals surface area contributed by atoms with Gasteiger partial charge in [0.25, 0.3) is 5.91 Å². The monoisotopic (exact) mass is 299 g/mol. The Balaban J connectivity index is 1.99. The number of carbonyl (C=O) groups is 1. The molecule has 1 aromatic carbocycles. The maximum absolute atomic E-state index is 12.4. The molecule has 8 heteroatoms. The number of benzene rings is 1. The summed E-state index contributed by atoms with van der Waals surface area (Å²) in [5, 5.41) is 8.46. The van der Waals surface area contributed by atoms with Crippen LogP contribution in [0.4, 0.5) is 0 Å².